The zero-order valence-electron chi connectivity index (χ0n) is 12.2. The molecule has 124 valence electrons. The van der Waals surface area contributed by atoms with Crippen molar-refractivity contribution in [1.82, 2.24) is 10.0 Å². The lowest BCUT2D eigenvalue weighted by molar-refractivity contribution is -0.126. The molecule has 0 aliphatic rings. The fourth-order valence-electron chi connectivity index (χ4n) is 1.44. The normalized spacial score (nSPS) is 11.4. The van der Waals surface area contributed by atoms with Crippen LogP contribution in [0, 0.1) is 0 Å². The maximum Gasteiger partial charge on any atom is 0.246 e. The monoisotopic (exact) mass is 350 g/mol. The Morgan fingerprint density at radius 1 is 1.18 bits per heavy atom. The lowest BCUT2D eigenvalue weighted by atomic mass is 10.4. The summed E-state index contributed by atoms with van der Waals surface area (Å²) >= 11 is 5.70. The largest absolute Gasteiger partial charge is 0.382 e. The van der Waals surface area contributed by atoms with E-state index in [4.69, 9.17) is 21.1 Å². The van der Waals surface area contributed by atoms with Crippen LogP contribution in [0.1, 0.15) is 0 Å². The first-order chi connectivity index (χ1) is 10.5. The van der Waals surface area contributed by atoms with E-state index in [0.717, 1.165) is 0 Å². The minimum atomic E-state index is -3.61. The summed E-state index contributed by atoms with van der Waals surface area (Å²) in [5.41, 5.74) is 0. The van der Waals surface area contributed by atoms with Gasteiger partial charge in [0, 0.05) is 25.2 Å². The number of halogens is 1. The topological polar surface area (TPSA) is 93.7 Å². The van der Waals surface area contributed by atoms with Crippen molar-refractivity contribution in [2.75, 3.05) is 40.0 Å². The molecule has 0 spiro atoms. The summed E-state index contributed by atoms with van der Waals surface area (Å²) in [6, 6.07) is 5.81. The van der Waals surface area contributed by atoms with Gasteiger partial charge >= 0.3 is 0 Å². The predicted molar refractivity (Wildman–Crippen MR) is 82.3 cm³/mol. The smallest absolute Gasteiger partial charge is 0.246 e. The summed E-state index contributed by atoms with van der Waals surface area (Å²) in [6.07, 6.45) is 0. The molecule has 0 saturated carbocycles. The molecule has 9 heteroatoms. The van der Waals surface area contributed by atoms with E-state index in [1.807, 2.05) is 0 Å². The Hall–Kier alpha value is -1.19. The molecule has 0 atom stereocenters. The van der Waals surface area contributed by atoms with Gasteiger partial charge < -0.3 is 14.8 Å². The second-order valence-electron chi connectivity index (χ2n) is 4.25. The summed E-state index contributed by atoms with van der Waals surface area (Å²) in [5, 5.41) is 3.00. The van der Waals surface area contributed by atoms with Crippen LogP contribution >= 0.6 is 11.6 Å². The number of hydrogen-bond acceptors (Lipinski definition) is 5. The van der Waals surface area contributed by atoms with Crippen LogP contribution in [0.4, 0.5) is 0 Å². The van der Waals surface area contributed by atoms with Gasteiger partial charge in [-0.25, -0.2) is 13.1 Å². The first-order valence-electron chi connectivity index (χ1n) is 6.54. The van der Waals surface area contributed by atoms with E-state index in [1.54, 1.807) is 0 Å². The summed E-state index contributed by atoms with van der Waals surface area (Å²) in [5.74, 6) is -0.318. The third kappa shape index (κ3) is 7.19. The van der Waals surface area contributed by atoms with Gasteiger partial charge in [0.05, 0.1) is 18.1 Å². The minimum Gasteiger partial charge on any atom is -0.382 e. The van der Waals surface area contributed by atoms with Gasteiger partial charge in [0.1, 0.15) is 6.61 Å². The van der Waals surface area contributed by atoms with Gasteiger partial charge in [-0.2, -0.15) is 0 Å². The van der Waals surface area contributed by atoms with Gasteiger partial charge in [-0.3, -0.25) is 4.79 Å². The minimum absolute atomic E-state index is 0.0781. The quantitative estimate of drug-likeness (QED) is 0.596. The van der Waals surface area contributed by atoms with E-state index in [9.17, 15) is 13.2 Å². The number of amides is 1. The van der Waals surface area contributed by atoms with Gasteiger partial charge in [-0.1, -0.05) is 11.6 Å². The fourth-order valence-corrected chi connectivity index (χ4v) is 2.60. The lowest BCUT2D eigenvalue weighted by Crippen LogP contribution is -2.36. The maximum absolute atomic E-state index is 11.9. The van der Waals surface area contributed by atoms with Crippen molar-refractivity contribution in [2.45, 2.75) is 4.90 Å². The predicted octanol–water partition coefficient (Wildman–Crippen LogP) is 0.398. The Morgan fingerprint density at radius 2 is 1.86 bits per heavy atom. The zero-order valence-corrected chi connectivity index (χ0v) is 13.7. The Labute approximate surface area is 135 Å². The number of ether oxygens (including phenoxy) is 2. The van der Waals surface area contributed by atoms with Crippen LogP contribution in [-0.2, 0) is 24.3 Å². The molecule has 2 N–H and O–H groups in total. The Morgan fingerprint density at radius 3 is 2.50 bits per heavy atom. The van der Waals surface area contributed by atoms with Gasteiger partial charge in [0.15, 0.2) is 0 Å². The van der Waals surface area contributed by atoms with Crippen molar-refractivity contribution >= 4 is 27.5 Å². The Balaban J connectivity index is 2.26. The number of hydrogen-bond donors (Lipinski definition) is 2. The average molecular weight is 351 g/mol. The first kappa shape index (κ1) is 18.9. The average Bonchev–Trinajstić information content (AvgIpc) is 2.49. The Bertz CT molecular complexity index is 562. The molecule has 0 fully saturated rings. The molecule has 0 aliphatic carbocycles. The van der Waals surface area contributed by atoms with Crippen LogP contribution in [0.3, 0.4) is 0 Å². The molecule has 0 unspecified atom stereocenters. The van der Waals surface area contributed by atoms with E-state index in [-0.39, 0.29) is 30.5 Å². The van der Waals surface area contributed by atoms with Crippen molar-refractivity contribution < 1.29 is 22.7 Å². The standard InChI is InChI=1S/C13H19ClN2O5S/c1-20-8-9-21-10-13(17)15-6-7-16-22(18,19)12-4-2-11(14)3-5-12/h2-5,16H,6-10H2,1H3,(H,15,17). The highest BCUT2D eigenvalue weighted by Gasteiger charge is 2.12. The lowest BCUT2D eigenvalue weighted by Gasteiger charge is -2.08. The molecule has 1 amide bonds. The highest BCUT2D eigenvalue weighted by atomic mass is 35.5. The summed E-state index contributed by atoms with van der Waals surface area (Å²) in [7, 11) is -2.07. The van der Waals surface area contributed by atoms with Crippen LogP contribution in [0.2, 0.25) is 5.02 Å². The fraction of sp³-hybridized carbons (Fsp3) is 0.462. The zero-order chi connectivity index (χ0) is 16.4. The van der Waals surface area contributed by atoms with Crippen LogP contribution in [0.15, 0.2) is 29.2 Å². The first-order valence-corrected chi connectivity index (χ1v) is 8.40. The molecule has 0 aromatic heterocycles. The molecule has 0 radical (unpaired) electrons. The number of benzene rings is 1. The van der Waals surface area contributed by atoms with E-state index < -0.39 is 10.0 Å². The molecule has 0 bridgehead atoms. The number of sulfonamides is 1. The van der Waals surface area contributed by atoms with E-state index in [1.165, 1.54) is 31.4 Å². The van der Waals surface area contributed by atoms with Crippen LogP contribution in [0.5, 0.6) is 0 Å². The molecule has 0 saturated heterocycles. The second kappa shape index (κ2) is 9.75. The van der Waals surface area contributed by atoms with Crippen LogP contribution < -0.4 is 10.0 Å². The SMILES string of the molecule is COCCOCC(=O)NCCNS(=O)(=O)c1ccc(Cl)cc1. The van der Waals surface area contributed by atoms with Gasteiger partial charge in [-0.05, 0) is 24.3 Å². The molecule has 1 aromatic rings. The van der Waals surface area contributed by atoms with Gasteiger partial charge in [0.25, 0.3) is 0 Å². The van der Waals surface area contributed by atoms with Gasteiger partial charge in [0.2, 0.25) is 15.9 Å². The van der Waals surface area contributed by atoms with Crippen molar-refractivity contribution in [3.8, 4) is 0 Å². The summed E-state index contributed by atoms with van der Waals surface area (Å²) < 4.78 is 36.0. The highest BCUT2D eigenvalue weighted by Crippen LogP contribution is 2.13. The summed E-state index contributed by atoms with van der Waals surface area (Å²) in [4.78, 5) is 11.5. The number of carbonyl (C=O) groups excluding carboxylic acids is 1. The molecule has 0 aliphatic heterocycles. The molecule has 7 nitrogen and oxygen atoms in total. The number of methoxy groups -OCH3 is 1. The van der Waals surface area contributed by atoms with Crippen molar-refractivity contribution in [3.63, 3.8) is 0 Å². The second-order valence-corrected chi connectivity index (χ2v) is 6.45. The molecule has 1 rings (SSSR count). The maximum atomic E-state index is 11.9. The number of rotatable bonds is 10. The van der Waals surface area contributed by atoms with E-state index >= 15 is 0 Å². The number of nitrogens with one attached hydrogen (secondary N) is 2. The van der Waals surface area contributed by atoms with Gasteiger partial charge in [-0.15, -0.1) is 0 Å². The van der Waals surface area contributed by atoms with Crippen LogP contribution in [-0.4, -0.2) is 54.3 Å². The molecular formula is C13H19ClN2O5S. The molecule has 1 aromatic carbocycles. The summed E-state index contributed by atoms with van der Waals surface area (Å²) in [6.45, 7) is 0.892. The third-order valence-electron chi connectivity index (χ3n) is 2.53. The Kier molecular flexibility index (Phi) is 8.36. The highest BCUT2D eigenvalue weighted by molar-refractivity contribution is 7.89. The van der Waals surface area contributed by atoms with E-state index in [2.05, 4.69) is 10.0 Å². The molecule has 22 heavy (non-hydrogen) atoms. The molecule has 0 heterocycles. The van der Waals surface area contributed by atoms with Crippen LogP contribution in [0.25, 0.3) is 0 Å². The number of carbonyl (C=O) groups is 1. The molecular weight excluding hydrogens is 332 g/mol. The third-order valence-corrected chi connectivity index (χ3v) is 4.26. The van der Waals surface area contributed by atoms with Crippen molar-refractivity contribution in [3.05, 3.63) is 29.3 Å². The van der Waals surface area contributed by atoms with Crippen molar-refractivity contribution in [1.29, 1.82) is 0 Å². The van der Waals surface area contributed by atoms with Crippen molar-refractivity contribution in [2.24, 2.45) is 0 Å². The van der Waals surface area contributed by atoms with E-state index in [0.29, 0.717) is 18.2 Å².